The van der Waals surface area contributed by atoms with E-state index in [0.29, 0.717) is 0 Å². The molecule has 1 aliphatic carbocycles. The SMILES string of the molecule is O=C(O)[C@H](NC(=O)C(F)(F)F)C1CCC(F)(F)CC1. The van der Waals surface area contributed by atoms with Gasteiger partial charge < -0.3 is 10.4 Å². The highest BCUT2D eigenvalue weighted by Gasteiger charge is 2.45. The summed E-state index contributed by atoms with van der Waals surface area (Å²) in [6.07, 6.45) is -6.89. The first kappa shape index (κ1) is 15.6. The minimum atomic E-state index is -5.20. The van der Waals surface area contributed by atoms with E-state index >= 15 is 0 Å². The number of amides is 1. The van der Waals surface area contributed by atoms with Gasteiger partial charge in [0.15, 0.2) is 0 Å². The molecule has 0 aliphatic heterocycles. The van der Waals surface area contributed by atoms with Crippen molar-refractivity contribution in [3.05, 3.63) is 0 Å². The van der Waals surface area contributed by atoms with Gasteiger partial charge in [-0.1, -0.05) is 0 Å². The second-order valence-electron chi connectivity index (χ2n) is 4.48. The maximum absolute atomic E-state index is 12.9. The first-order chi connectivity index (χ1) is 8.53. The minimum Gasteiger partial charge on any atom is -0.480 e. The molecule has 0 bridgehead atoms. The summed E-state index contributed by atoms with van der Waals surface area (Å²) in [5, 5.41) is 10.1. The summed E-state index contributed by atoms with van der Waals surface area (Å²) in [6.45, 7) is 0. The molecule has 1 amide bonds. The molecule has 110 valence electrons. The third-order valence-corrected chi connectivity index (χ3v) is 3.04. The predicted molar refractivity (Wildman–Crippen MR) is 52.5 cm³/mol. The minimum absolute atomic E-state index is 0.248. The Morgan fingerprint density at radius 1 is 1.21 bits per heavy atom. The maximum Gasteiger partial charge on any atom is 0.471 e. The lowest BCUT2D eigenvalue weighted by Crippen LogP contribution is -2.51. The van der Waals surface area contributed by atoms with Gasteiger partial charge in [-0.2, -0.15) is 13.2 Å². The van der Waals surface area contributed by atoms with Crippen molar-refractivity contribution in [1.29, 1.82) is 0 Å². The number of rotatable bonds is 3. The monoisotopic (exact) mass is 289 g/mol. The summed E-state index contributed by atoms with van der Waals surface area (Å²) in [6, 6.07) is -1.80. The van der Waals surface area contributed by atoms with E-state index < -0.39 is 48.8 Å². The molecule has 1 atom stereocenters. The molecule has 1 rings (SSSR count). The number of carboxylic acid groups (broad SMARTS) is 1. The van der Waals surface area contributed by atoms with E-state index in [1.54, 1.807) is 0 Å². The zero-order chi connectivity index (χ0) is 14.8. The number of carbonyl (C=O) groups is 2. The van der Waals surface area contributed by atoms with E-state index in [-0.39, 0.29) is 12.8 Å². The van der Waals surface area contributed by atoms with Crippen molar-refractivity contribution in [1.82, 2.24) is 5.32 Å². The summed E-state index contributed by atoms with van der Waals surface area (Å²) in [5.74, 6) is -7.89. The van der Waals surface area contributed by atoms with Crippen molar-refractivity contribution in [3.8, 4) is 0 Å². The predicted octanol–water partition coefficient (Wildman–Crippen LogP) is 1.94. The molecule has 0 heterocycles. The number of halogens is 5. The van der Waals surface area contributed by atoms with E-state index in [2.05, 4.69) is 0 Å². The number of carboxylic acids is 1. The molecule has 0 radical (unpaired) electrons. The Hall–Kier alpha value is -1.41. The molecule has 0 unspecified atom stereocenters. The van der Waals surface area contributed by atoms with Crippen molar-refractivity contribution in [3.63, 3.8) is 0 Å². The average molecular weight is 289 g/mol. The summed E-state index contributed by atoms with van der Waals surface area (Å²) in [7, 11) is 0. The molecule has 9 heteroatoms. The van der Waals surface area contributed by atoms with Gasteiger partial charge in [0, 0.05) is 12.8 Å². The fourth-order valence-corrected chi connectivity index (χ4v) is 2.00. The van der Waals surface area contributed by atoms with Crippen LogP contribution < -0.4 is 5.32 Å². The van der Waals surface area contributed by atoms with Crippen LogP contribution in [0, 0.1) is 5.92 Å². The number of carbonyl (C=O) groups excluding carboxylic acids is 1. The Kier molecular flexibility index (Phi) is 4.36. The Labute approximate surface area is 105 Å². The molecule has 19 heavy (non-hydrogen) atoms. The van der Waals surface area contributed by atoms with Crippen molar-refractivity contribution < 1.29 is 36.6 Å². The fraction of sp³-hybridized carbons (Fsp3) is 0.800. The highest BCUT2D eigenvalue weighted by molar-refractivity contribution is 5.87. The molecule has 1 saturated carbocycles. The topological polar surface area (TPSA) is 66.4 Å². The van der Waals surface area contributed by atoms with Crippen LogP contribution in [0.4, 0.5) is 22.0 Å². The molecule has 0 aromatic heterocycles. The maximum atomic E-state index is 12.9. The molecule has 1 fully saturated rings. The second kappa shape index (κ2) is 5.30. The van der Waals surface area contributed by atoms with Crippen molar-refractivity contribution >= 4 is 11.9 Å². The lowest BCUT2D eigenvalue weighted by molar-refractivity contribution is -0.176. The zero-order valence-corrected chi connectivity index (χ0v) is 9.64. The normalized spacial score (nSPS) is 21.7. The van der Waals surface area contributed by atoms with Crippen LogP contribution >= 0.6 is 0 Å². The van der Waals surface area contributed by atoms with Crippen LogP contribution in [-0.2, 0) is 9.59 Å². The summed E-state index contributed by atoms with van der Waals surface area (Å²) in [5.41, 5.74) is 0. The molecule has 2 N–H and O–H groups in total. The highest BCUT2D eigenvalue weighted by Crippen LogP contribution is 2.37. The summed E-state index contributed by atoms with van der Waals surface area (Å²) >= 11 is 0. The summed E-state index contributed by atoms with van der Waals surface area (Å²) < 4.78 is 61.9. The molecule has 1 aliphatic rings. The van der Waals surface area contributed by atoms with Crippen molar-refractivity contribution in [2.75, 3.05) is 0 Å². The van der Waals surface area contributed by atoms with Gasteiger partial charge in [0.2, 0.25) is 5.92 Å². The lowest BCUT2D eigenvalue weighted by Gasteiger charge is -2.32. The lowest BCUT2D eigenvalue weighted by atomic mass is 9.82. The smallest absolute Gasteiger partial charge is 0.471 e. The molecule has 0 aromatic rings. The van der Waals surface area contributed by atoms with Gasteiger partial charge in [-0.15, -0.1) is 0 Å². The summed E-state index contributed by atoms with van der Waals surface area (Å²) in [4.78, 5) is 21.6. The molecule has 0 aromatic carbocycles. The standard InChI is InChI=1S/C10H12F5NO3/c11-9(12)3-1-5(2-4-9)6(7(17)18)16-8(19)10(13,14)15/h5-6H,1-4H2,(H,16,19)(H,17,18)/t6-/m1/s1. The average Bonchev–Trinajstić information content (AvgIpc) is 2.24. The number of aliphatic carboxylic acids is 1. The fourth-order valence-electron chi connectivity index (χ4n) is 2.00. The first-order valence-corrected chi connectivity index (χ1v) is 5.51. The Morgan fingerprint density at radius 3 is 2.05 bits per heavy atom. The van der Waals surface area contributed by atoms with E-state index in [1.807, 2.05) is 0 Å². The highest BCUT2D eigenvalue weighted by atomic mass is 19.4. The number of hydrogen-bond donors (Lipinski definition) is 2. The van der Waals surface area contributed by atoms with Crippen molar-refractivity contribution in [2.24, 2.45) is 5.92 Å². The first-order valence-electron chi connectivity index (χ1n) is 5.51. The Balaban J connectivity index is 2.70. The van der Waals surface area contributed by atoms with Crippen LogP contribution in [0.2, 0.25) is 0 Å². The van der Waals surface area contributed by atoms with Crippen LogP contribution in [0.3, 0.4) is 0 Å². The molecule has 0 saturated heterocycles. The largest absolute Gasteiger partial charge is 0.480 e. The van der Waals surface area contributed by atoms with Gasteiger partial charge in [-0.25, -0.2) is 13.6 Å². The third kappa shape index (κ3) is 4.32. The van der Waals surface area contributed by atoms with E-state index in [9.17, 15) is 31.5 Å². The van der Waals surface area contributed by atoms with Gasteiger partial charge in [0.05, 0.1) is 0 Å². The quantitative estimate of drug-likeness (QED) is 0.780. The van der Waals surface area contributed by atoms with Crippen LogP contribution in [0.25, 0.3) is 0 Å². The molecular formula is C10H12F5NO3. The number of alkyl halides is 5. The van der Waals surface area contributed by atoms with Crippen LogP contribution in [0.15, 0.2) is 0 Å². The van der Waals surface area contributed by atoms with Gasteiger partial charge >= 0.3 is 18.1 Å². The van der Waals surface area contributed by atoms with E-state index in [0.717, 1.165) is 0 Å². The van der Waals surface area contributed by atoms with E-state index in [4.69, 9.17) is 5.11 Å². The van der Waals surface area contributed by atoms with Crippen molar-refractivity contribution in [2.45, 2.75) is 43.8 Å². The third-order valence-electron chi connectivity index (χ3n) is 3.04. The van der Waals surface area contributed by atoms with Gasteiger partial charge in [0.25, 0.3) is 0 Å². The van der Waals surface area contributed by atoms with E-state index in [1.165, 1.54) is 5.32 Å². The van der Waals surface area contributed by atoms with Gasteiger partial charge in [-0.3, -0.25) is 4.79 Å². The second-order valence-corrected chi connectivity index (χ2v) is 4.48. The Bertz CT molecular complexity index is 359. The Morgan fingerprint density at radius 2 is 1.68 bits per heavy atom. The van der Waals surface area contributed by atoms with Gasteiger partial charge in [0.1, 0.15) is 6.04 Å². The van der Waals surface area contributed by atoms with Crippen LogP contribution in [0.1, 0.15) is 25.7 Å². The van der Waals surface area contributed by atoms with Gasteiger partial charge in [-0.05, 0) is 18.8 Å². The molecule has 4 nitrogen and oxygen atoms in total. The molecular weight excluding hydrogens is 277 g/mol. The van der Waals surface area contributed by atoms with Crippen LogP contribution in [0.5, 0.6) is 0 Å². The zero-order valence-electron chi connectivity index (χ0n) is 9.64. The number of nitrogens with one attached hydrogen (secondary N) is 1. The number of hydrogen-bond acceptors (Lipinski definition) is 2. The molecule has 0 spiro atoms. The van der Waals surface area contributed by atoms with Crippen LogP contribution in [-0.4, -0.2) is 35.1 Å².